The van der Waals surface area contributed by atoms with Crippen LogP contribution in [0.5, 0.6) is 0 Å². The van der Waals surface area contributed by atoms with Crippen molar-refractivity contribution < 1.29 is 8.42 Å². The van der Waals surface area contributed by atoms with Crippen LogP contribution in [0.15, 0.2) is 24.3 Å². The van der Waals surface area contributed by atoms with E-state index in [1.54, 1.807) is 8.61 Å². The van der Waals surface area contributed by atoms with E-state index in [2.05, 4.69) is 11.4 Å². The first-order chi connectivity index (χ1) is 9.61. The number of likely N-dealkylation sites (N-methyl/N-ethyl adjacent to an activating group) is 1. The van der Waals surface area contributed by atoms with E-state index in [9.17, 15) is 8.42 Å². The van der Waals surface area contributed by atoms with Crippen molar-refractivity contribution in [3.63, 3.8) is 0 Å². The molecule has 2 aliphatic rings. The van der Waals surface area contributed by atoms with Gasteiger partial charge in [-0.1, -0.05) is 24.3 Å². The highest BCUT2D eigenvalue weighted by molar-refractivity contribution is 7.86. The third-order valence-electron chi connectivity index (χ3n) is 4.31. The minimum atomic E-state index is -3.32. The third-order valence-corrected chi connectivity index (χ3v) is 6.26. The Balaban J connectivity index is 0.00000161. The van der Waals surface area contributed by atoms with Gasteiger partial charge in [0.1, 0.15) is 0 Å². The van der Waals surface area contributed by atoms with Gasteiger partial charge in [-0.3, -0.25) is 0 Å². The molecular formula is C14H22ClN3O2S. The molecule has 5 nitrogen and oxygen atoms in total. The van der Waals surface area contributed by atoms with Crippen molar-refractivity contribution in [1.82, 2.24) is 13.9 Å². The zero-order valence-corrected chi connectivity index (χ0v) is 13.8. The molecule has 1 unspecified atom stereocenters. The van der Waals surface area contributed by atoms with E-state index < -0.39 is 10.2 Å². The summed E-state index contributed by atoms with van der Waals surface area (Å²) in [6.45, 7) is 2.28. The smallest absolute Gasteiger partial charge is 0.282 e. The number of nitrogens with one attached hydrogen (secondary N) is 1. The van der Waals surface area contributed by atoms with E-state index in [1.807, 2.05) is 25.2 Å². The second-order valence-corrected chi connectivity index (χ2v) is 7.42. The summed E-state index contributed by atoms with van der Waals surface area (Å²) in [6, 6.07) is 8.38. The highest BCUT2D eigenvalue weighted by Gasteiger charge is 2.36. The van der Waals surface area contributed by atoms with E-state index in [4.69, 9.17) is 0 Å². The van der Waals surface area contributed by atoms with Crippen LogP contribution < -0.4 is 5.32 Å². The third kappa shape index (κ3) is 3.24. The molecule has 0 aliphatic carbocycles. The zero-order chi connectivity index (χ0) is 14.2. The first-order valence-electron chi connectivity index (χ1n) is 7.10. The summed E-state index contributed by atoms with van der Waals surface area (Å²) in [5.41, 5.74) is 2.40. The zero-order valence-electron chi connectivity index (χ0n) is 12.2. The standard InChI is InChI=1S/C14H21N3O2S.ClH/c1-15-14-7-9-17(11-14)20(18,19)16-8-6-12-4-2-3-5-13(12)10-16;/h2-5,14-15H,6-11H2,1H3;1H. The van der Waals surface area contributed by atoms with Gasteiger partial charge in [0.15, 0.2) is 0 Å². The number of hydrogen-bond donors (Lipinski definition) is 1. The number of halogens is 1. The number of rotatable bonds is 3. The van der Waals surface area contributed by atoms with E-state index >= 15 is 0 Å². The fraction of sp³-hybridized carbons (Fsp3) is 0.571. The van der Waals surface area contributed by atoms with Gasteiger partial charge in [-0.05, 0) is 31.0 Å². The molecule has 0 saturated carbocycles. The highest BCUT2D eigenvalue weighted by Crippen LogP contribution is 2.24. The first-order valence-corrected chi connectivity index (χ1v) is 8.50. The molecule has 0 bridgehead atoms. The predicted molar refractivity (Wildman–Crippen MR) is 85.8 cm³/mol. The van der Waals surface area contributed by atoms with Gasteiger partial charge in [-0.2, -0.15) is 17.0 Å². The normalized spacial score (nSPS) is 23.6. The molecule has 1 aromatic rings. The van der Waals surface area contributed by atoms with Crippen LogP contribution >= 0.6 is 12.4 Å². The minimum Gasteiger partial charge on any atom is -0.316 e. The summed E-state index contributed by atoms with van der Waals surface area (Å²) in [6.07, 6.45) is 1.69. The Morgan fingerprint density at radius 2 is 1.86 bits per heavy atom. The van der Waals surface area contributed by atoms with Crippen molar-refractivity contribution in [3.8, 4) is 0 Å². The molecule has 0 spiro atoms. The predicted octanol–water partition coefficient (Wildman–Crippen LogP) is 1.01. The summed E-state index contributed by atoms with van der Waals surface area (Å²) >= 11 is 0. The van der Waals surface area contributed by atoms with Crippen LogP contribution in [0.25, 0.3) is 0 Å². The van der Waals surface area contributed by atoms with Gasteiger partial charge in [0.25, 0.3) is 10.2 Å². The second kappa shape index (κ2) is 6.62. The van der Waals surface area contributed by atoms with Gasteiger partial charge in [0.2, 0.25) is 0 Å². The van der Waals surface area contributed by atoms with Gasteiger partial charge in [0.05, 0.1) is 0 Å². The Morgan fingerprint density at radius 1 is 1.14 bits per heavy atom. The van der Waals surface area contributed by atoms with Crippen molar-refractivity contribution >= 4 is 22.6 Å². The van der Waals surface area contributed by atoms with Crippen LogP contribution in [0.2, 0.25) is 0 Å². The van der Waals surface area contributed by atoms with Crippen LogP contribution in [0.1, 0.15) is 17.5 Å². The molecule has 3 rings (SSSR count). The fourth-order valence-corrected chi connectivity index (χ4v) is 4.66. The van der Waals surface area contributed by atoms with E-state index in [0.717, 1.165) is 18.4 Å². The van der Waals surface area contributed by atoms with E-state index in [-0.39, 0.29) is 18.4 Å². The number of hydrogen-bond acceptors (Lipinski definition) is 3. The Hall–Kier alpha value is -0.660. The van der Waals surface area contributed by atoms with E-state index in [0.29, 0.717) is 26.2 Å². The summed E-state index contributed by atoms with van der Waals surface area (Å²) < 4.78 is 28.6. The monoisotopic (exact) mass is 331 g/mol. The molecular weight excluding hydrogens is 310 g/mol. The Morgan fingerprint density at radius 3 is 2.52 bits per heavy atom. The second-order valence-electron chi connectivity index (χ2n) is 5.49. The molecule has 2 heterocycles. The molecule has 1 fully saturated rings. The van der Waals surface area contributed by atoms with Gasteiger partial charge in [-0.15, -0.1) is 12.4 Å². The Bertz CT molecular complexity index is 594. The van der Waals surface area contributed by atoms with Crippen molar-refractivity contribution in [1.29, 1.82) is 0 Å². The summed E-state index contributed by atoms with van der Waals surface area (Å²) in [7, 11) is -1.43. The van der Waals surface area contributed by atoms with Crippen LogP contribution in [0, 0.1) is 0 Å². The van der Waals surface area contributed by atoms with Crippen LogP contribution in [-0.4, -0.2) is 49.8 Å². The van der Waals surface area contributed by atoms with Crippen LogP contribution in [0.4, 0.5) is 0 Å². The van der Waals surface area contributed by atoms with E-state index in [1.165, 1.54) is 5.56 Å². The molecule has 118 valence electrons. The quantitative estimate of drug-likeness (QED) is 0.899. The summed E-state index contributed by atoms with van der Waals surface area (Å²) in [5.74, 6) is 0. The number of benzene rings is 1. The maximum atomic E-state index is 12.7. The lowest BCUT2D eigenvalue weighted by Crippen LogP contribution is -2.45. The van der Waals surface area contributed by atoms with Gasteiger partial charge in [0, 0.05) is 32.2 Å². The highest BCUT2D eigenvalue weighted by atomic mass is 35.5. The molecule has 1 aromatic carbocycles. The first kappa shape index (κ1) is 16.7. The lowest BCUT2D eigenvalue weighted by atomic mass is 10.0. The average Bonchev–Trinajstić information content (AvgIpc) is 2.96. The maximum Gasteiger partial charge on any atom is 0.282 e. The van der Waals surface area contributed by atoms with Gasteiger partial charge in [-0.25, -0.2) is 0 Å². The van der Waals surface area contributed by atoms with Gasteiger partial charge < -0.3 is 5.32 Å². The Labute approximate surface area is 132 Å². The molecule has 2 aliphatic heterocycles. The number of nitrogens with zero attached hydrogens (tertiary/aromatic N) is 2. The molecule has 0 amide bonds. The minimum absolute atomic E-state index is 0. The van der Waals surface area contributed by atoms with Crippen molar-refractivity contribution in [2.24, 2.45) is 0 Å². The molecule has 0 aromatic heterocycles. The maximum absolute atomic E-state index is 12.7. The molecule has 21 heavy (non-hydrogen) atoms. The molecule has 1 saturated heterocycles. The molecule has 1 N–H and O–H groups in total. The van der Waals surface area contributed by atoms with Crippen molar-refractivity contribution in [2.75, 3.05) is 26.7 Å². The fourth-order valence-electron chi connectivity index (χ4n) is 3.00. The van der Waals surface area contributed by atoms with Crippen molar-refractivity contribution in [2.45, 2.75) is 25.4 Å². The average molecular weight is 332 g/mol. The number of fused-ring (bicyclic) bond motifs is 1. The largest absolute Gasteiger partial charge is 0.316 e. The molecule has 0 radical (unpaired) electrons. The SMILES string of the molecule is CNC1CCN(S(=O)(=O)N2CCc3ccccc3C2)C1.Cl. The van der Waals surface area contributed by atoms with Crippen molar-refractivity contribution in [3.05, 3.63) is 35.4 Å². The molecule has 1 atom stereocenters. The molecule has 7 heteroatoms. The topological polar surface area (TPSA) is 52.7 Å². The van der Waals surface area contributed by atoms with Crippen LogP contribution in [-0.2, 0) is 23.2 Å². The lowest BCUT2D eigenvalue weighted by Gasteiger charge is -2.31. The Kier molecular flexibility index (Phi) is 5.27. The summed E-state index contributed by atoms with van der Waals surface area (Å²) in [5, 5.41) is 3.16. The summed E-state index contributed by atoms with van der Waals surface area (Å²) in [4.78, 5) is 0. The lowest BCUT2D eigenvalue weighted by molar-refractivity contribution is 0.343. The van der Waals surface area contributed by atoms with Crippen LogP contribution in [0.3, 0.4) is 0 Å². The van der Waals surface area contributed by atoms with Gasteiger partial charge >= 0.3 is 0 Å².